The quantitative estimate of drug-likeness (QED) is 0.362. The van der Waals surface area contributed by atoms with Crippen molar-refractivity contribution in [3.63, 3.8) is 0 Å². The van der Waals surface area contributed by atoms with Gasteiger partial charge < -0.3 is 15.5 Å². The van der Waals surface area contributed by atoms with Crippen LogP contribution in [0.5, 0.6) is 0 Å². The van der Waals surface area contributed by atoms with Gasteiger partial charge in [0.2, 0.25) is 11.8 Å². The topological polar surface area (TPSA) is 61.4 Å². The normalized spacial score (nSPS) is 17.5. The van der Waals surface area contributed by atoms with Gasteiger partial charge >= 0.3 is 0 Å². The van der Waals surface area contributed by atoms with Crippen LogP contribution in [0.4, 0.5) is 11.4 Å². The molecule has 0 radical (unpaired) electrons. The number of carbonyl (C=O) groups excluding carboxylic acids is 2. The van der Waals surface area contributed by atoms with Crippen LogP contribution in [0.25, 0.3) is 0 Å². The number of allylic oxidation sites excluding steroid dienone is 4. The molecule has 1 aliphatic heterocycles. The van der Waals surface area contributed by atoms with Gasteiger partial charge in [0.15, 0.2) is 0 Å². The standard InChI is InChI=1S/C33H35N3O2/c1-24-12-16-27(17-13-24)34-31(37)20-33(21-32(38)35-28-18-14-25(2)15-19-28)23-36(22-26-8-4-3-5-9-26)30-11-7-6-10-29(30)33/h3-9,11-19,29H,10,20-23H2,1-2H3,(H,34,37)(H,35,38). The molecule has 194 valence electrons. The van der Waals surface area contributed by atoms with E-state index in [2.05, 4.69) is 58.0 Å². The summed E-state index contributed by atoms with van der Waals surface area (Å²) in [7, 11) is 0. The van der Waals surface area contributed by atoms with Crippen LogP contribution in [0.1, 0.15) is 36.0 Å². The molecule has 1 saturated heterocycles. The molecule has 5 rings (SSSR count). The average molecular weight is 506 g/mol. The van der Waals surface area contributed by atoms with E-state index in [1.165, 1.54) is 11.3 Å². The lowest BCUT2D eigenvalue weighted by Gasteiger charge is -2.34. The Hall–Kier alpha value is -4.12. The van der Waals surface area contributed by atoms with E-state index in [4.69, 9.17) is 0 Å². The molecule has 0 spiro atoms. The summed E-state index contributed by atoms with van der Waals surface area (Å²) in [6, 6.07) is 26.0. The second-order valence-corrected chi connectivity index (χ2v) is 10.7. The molecule has 2 N–H and O–H groups in total. The van der Waals surface area contributed by atoms with Gasteiger partial charge in [-0.15, -0.1) is 0 Å². The molecule has 5 nitrogen and oxygen atoms in total. The molecule has 5 heteroatoms. The maximum atomic E-state index is 13.5. The average Bonchev–Trinajstić information content (AvgIpc) is 3.19. The van der Waals surface area contributed by atoms with Gasteiger partial charge in [0.25, 0.3) is 0 Å². The highest BCUT2D eigenvalue weighted by molar-refractivity contribution is 5.94. The molecule has 2 amide bonds. The number of fused-ring (bicyclic) bond motifs is 1. The molecular formula is C33H35N3O2. The molecule has 3 aromatic carbocycles. The van der Waals surface area contributed by atoms with Crippen LogP contribution in [-0.4, -0.2) is 23.3 Å². The highest BCUT2D eigenvalue weighted by Crippen LogP contribution is 2.51. The first-order chi connectivity index (χ1) is 18.4. The van der Waals surface area contributed by atoms with Crippen molar-refractivity contribution < 1.29 is 9.59 Å². The number of anilines is 2. The Morgan fingerprint density at radius 2 is 1.37 bits per heavy atom. The summed E-state index contributed by atoms with van der Waals surface area (Å²) in [4.78, 5) is 29.3. The van der Waals surface area contributed by atoms with E-state index in [-0.39, 0.29) is 30.6 Å². The number of benzene rings is 3. The number of hydrogen-bond acceptors (Lipinski definition) is 3. The van der Waals surface area contributed by atoms with E-state index < -0.39 is 5.41 Å². The number of rotatable bonds is 8. The Labute approximate surface area is 225 Å². The largest absolute Gasteiger partial charge is 0.370 e. The van der Waals surface area contributed by atoms with E-state index in [0.717, 1.165) is 35.5 Å². The number of carbonyl (C=O) groups is 2. The number of amides is 2. The third-order valence-corrected chi connectivity index (χ3v) is 7.65. The number of aryl methyl sites for hydroxylation is 2. The molecule has 0 saturated carbocycles. The maximum absolute atomic E-state index is 13.5. The van der Waals surface area contributed by atoms with Crippen LogP contribution in [0.2, 0.25) is 0 Å². The van der Waals surface area contributed by atoms with Crippen LogP contribution in [-0.2, 0) is 16.1 Å². The summed E-state index contributed by atoms with van der Waals surface area (Å²) in [6.45, 7) is 5.44. The fourth-order valence-electron chi connectivity index (χ4n) is 5.78. The molecule has 1 fully saturated rings. The lowest BCUT2D eigenvalue weighted by Crippen LogP contribution is -2.38. The van der Waals surface area contributed by atoms with Gasteiger partial charge in [-0.1, -0.05) is 77.9 Å². The Morgan fingerprint density at radius 3 is 1.92 bits per heavy atom. The van der Waals surface area contributed by atoms with Gasteiger partial charge in [0.1, 0.15) is 0 Å². The van der Waals surface area contributed by atoms with Crippen molar-refractivity contribution in [3.05, 3.63) is 119 Å². The number of likely N-dealkylation sites (tertiary alicyclic amines) is 1. The Balaban J connectivity index is 1.42. The first kappa shape index (κ1) is 25.5. The minimum Gasteiger partial charge on any atom is -0.370 e. The number of nitrogens with zero attached hydrogens (tertiary/aromatic N) is 1. The fraction of sp³-hybridized carbons (Fsp3) is 0.273. The van der Waals surface area contributed by atoms with E-state index in [9.17, 15) is 9.59 Å². The van der Waals surface area contributed by atoms with E-state index >= 15 is 0 Å². The van der Waals surface area contributed by atoms with Gasteiger partial charge in [0, 0.05) is 54.3 Å². The maximum Gasteiger partial charge on any atom is 0.225 e. The van der Waals surface area contributed by atoms with E-state index in [0.29, 0.717) is 6.54 Å². The summed E-state index contributed by atoms with van der Waals surface area (Å²) >= 11 is 0. The van der Waals surface area contributed by atoms with Crippen LogP contribution in [0, 0.1) is 25.2 Å². The Bertz CT molecular complexity index is 1280. The zero-order valence-corrected chi connectivity index (χ0v) is 22.1. The molecule has 0 bridgehead atoms. The molecule has 1 unspecified atom stereocenters. The van der Waals surface area contributed by atoms with Crippen LogP contribution in [0.3, 0.4) is 0 Å². The monoisotopic (exact) mass is 505 g/mol. The number of nitrogens with one attached hydrogen (secondary N) is 2. The minimum absolute atomic E-state index is 0.0625. The predicted octanol–water partition coefficient (Wildman–Crippen LogP) is 6.62. The zero-order chi connectivity index (χ0) is 26.5. The SMILES string of the molecule is Cc1ccc(NC(=O)CC2(CC(=O)Nc3ccc(C)cc3)CN(Cc3ccccc3)C3=CC=CCC32)cc1. The van der Waals surface area contributed by atoms with E-state index in [1.807, 2.05) is 68.4 Å². The third kappa shape index (κ3) is 5.88. The van der Waals surface area contributed by atoms with Crippen molar-refractivity contribution in [1.29, 1.82) is 0 Å². The molecule has 1 atom stereocenters. The molecule has 1 heterocycles. The van der Waals surface area contributed by atoms with Crippen molar-refractivity contribution in [2.45, 2.75) is 39.7 Å². The Kier molecular flexibility index (Phi) is 7.45. The predicted molar refractivity (Wildman–Crippen MR) is 153 cm³/mol. The van der Waals surface area contributed by atoms with Gasteiger partial charge in [-0.05, 0) is 56.2 Å². The second-order valence-electron chi connectivity index (χ2n) is 10.7. The molecule has 0 aromatic heterocycles. The highest BCUT2D eigenvalue weighted by atomic mass is 16.2. The minimum atomic E-state index is -0.533. The highest BCUT2D eigenvalue weighted by Gasteiger charge is 2.51. The fourth-order valence-corrected chi connectivity index (χ4v) is 5.78. The lowest BCUT2D eigenvalue weighted by molar-refractivity contribution is -0.122. The van der Waals surface area contributed by atoms with Crippen molar-refractivity contribution >= 4 is 23.2 Å². The van der Waals surface area contributed by atoms with E-state index in [1.54, 1.807) is 0 Å². The smallest absolute Gasteiger partial charge is 0.225 e. The summed E-state index contributed by atoms with van der Waals surface area (Å²) in [5, 5.41) is 6.17. The van der Waals surface area contributed by atoms with Crippen molar-refractivity contribution in [2.24, 2.45) is 11.3 Å². The summed E-state index contributed by atoms with van der Waals surface area (Å²) in [6.07, 6.45) is 7.76. The first-order valence-corrected chi connectivity index (χ1v) is 13.3. The lowest BCUT2D eigenvalue weighted by atomic mass is 9.69. The third-order valence-electron chi connectivity index (χ3n) is 7.65. The van der Waals surface area contributed by atoms with Gasteiger partial charge in [-0.25, -0.2) is 0 Å². The van der Waals surface area contributed by atoms with Crippen molar-refractivity contribution in [1.82, 2.24) is 4.90 Å². The van der Waals surface area contributed by atoms with Crippen LogP contribution < -0.4 is 10.6 Å². The summed E-state index contributed by atoms with van der Waals surface area (Å²) in [5.41, 5.74) is 5.73. The Morgan fingerprint density at radius 1 is 0.816 bits per heavy atom. The summed E-state index contributed by atoms with van der Waals surface area (Å²) in [5.74, 6) is -0.0383. The molecule has 38 heavy (non-hydrogen) atoms. The first-order valence-electron chi connectivity index (χ1n) is 13.3. The molecule has 2 aliphatic rings. The van der Waals surface area contributed by atoms with Crippen LogP contribution >= 0.6 is 0 Å². The van der Waals surface area contributed by atoms with Crippen LogP contribution in [0.15, 0.2) is 103 Å². The van der Waals surface area contributed by atoms with Gasteiger partial charge in [-0.2, -0.15) is 0 Å². The molecular weight excluding hydrogens is 470 g/mol. The summed E-state index contributed by atoms with van der Waals surface area (Å²) < 4.78 is 0. The second kappa shape index (κ2) is 11.1. The number of hydrogen-bond donors (Lipinski definition) is 2. The van der Waals surface area contributed by atoms with Gasteiger partial charge in [-0.3, -0.25) is 9.59 Å². The zero-order valence-electron chi connectivity index (χ0n) is 22.1. The molecule has 1 aliphatic carbocycles. The van der Waals surface area contributed by atoms with Gasteiger partial charge in [0.05, 0.1) is 0 Å². The van der Waals surface area contributed by atoms with Crippen molar-refractivity contribution in [2.75, 3.05) is 17.2 Å². The van der Waals surface area contributed by atoms with Crippen molar-refractivity contribution in [3.8, 4) is 0 Å². The molecule has 3 aromatic rings.